The average Bonchev–Trinajstić information content (AvgIpc) is 3.43. The molecule has 0 radical (unpaired) electrons. The Bertz CT molecular complexity index is 1810. The standard InChI is InChI=1S/C42H48O8Si2/c1-11-47-39(43)31-23-32(40(44)48-12-2)28-20-16-25(15-19-27(28)31)35-37(51(5,6)7)36(38(35)52(8,9)10)26-17-21-29-30(22-18-26)34(42(46)50-14-4)24-33(29)41(45)49-13-3/h15-24H,11-14H2,1-10H3. The molecule has 0 bridgehead atoms. The van der Waals surface area contributed by atoms with Crippen molar-refractivity contribution in [2.75, 3.05) is 26.4 Å². The van der Waals surface area contributed by atoms with E-state index >= 15 is 0 Å². The fourth-order valence-corrected chi connectivity index (χ4v) is 11.4. The Morgan fingerprint density at radius 2 is 0.654 bits per heavy atom. The maximum atomic E-state index is 13.1. The van der Waals surface area contributed by atoms with Gasteiger partial charge >= 0.3 is 23.9 Å². The van der Waals surface area contributed by atoms with Crippen molar-refractivity contribution in [1.29, 1.82) is 0 Å². The number of allylic oxidation sites excluding steroid dienone is 4. The molecule has 5 rings (SSSR count). The third kappa shape index (κ3) is 7.14. The number of fused-ring (bicyclic) bond motifs is 2. The van der Waals surface area contributed by atoms with E-state index < -0.39 is 40.0 Å². The van der Waals surface area contributed by atoms with E-state index in [0.29, 0.717) is 44.5 Å². The number of hydrogen-bond acceptors (Lipinski definition) is 8. The van der Waals surface area contributed by atoms with Crippen LogP contribution in [0.25, 0.3) is 33.4 Å². The molecule has 0 saturated heterocycles. The number of rotatable bonds is 12. The summed E-state index contributed by atoms with van der Waals surface area (Å²) >= 11 is 0. The SMILES string of the molecule is CCOC(=O)c1cc(C(=O)OCC)c2ccc(C3=C([Si](C)(C)C)C(c4ccc5c(C(=O)OCC)cc(C(=O)OCC)c-5cc4)=C3[Si](C)(C)C)ccc1-2. The Kier molecular flexibility index (Phi) is 11.1. The number of ether oxygens (including phenoxy) is 4. The minimum absolute atomic E-state index is 0.215. The van der Waals surface area contributed by atoms with Crippen LogP contribution in [-0.4, -0.2) is 66.5 Å². The first-order valence-electron chi connectivity index (χ1n) is 17.9. The van der Waals surface area contributed by atoms with Gasteiger partial charge in [-0.2, -0.15) is 0 Å². The zero-order valence-corrected chi connectivity index (χ0v) is 33.9. The van der Waals surface area contributed by atoms with Crippen LogP contribution in [0.4, 0.5) is 0 Å². The Balaban J connectivity index is 1.75. The van der Waals surface area contributed by atoms with Crippen molar-refractivity contribution in [1.82, 2.24) is 0 Å². The van der Waals surface area contributed by atoms with Crippen molar-refractivity contribution >= 4 is 51.2 Å². The zero-order chi connectivity index (χ0) is 38.1. The minimum Gasteiger partial charge on any atom is -0.462 e. The van der Waals surface area contributed by atoms with E-state index in [4.69, 9.17) is 18.9 Å². The monoisotopic (exact) mass is 736 g/mol. The van der Waals surface area contributed by atoms with Gasteiger partial charge in [-0.25, -0.2) is 19.2 Å². The number of esters is 4. The highest BCUT2D eigenvalue weighted by atomic mass is 28.3. The Hall–Kier alpha value is -4.81. The van der Waals surface area contributed by atoms with Crippen molar-refractivity contribution in [3.8, 4) is 22.3 Å². The molecule has 0 heterocycles. The Morgan fingerprint density at radius 1 is 0.423 bits per heavy atom. The molecule has 0 N–H and O–H groups in total. The van der Waals surface area contributed by atoms with E-state index in [0.717, 1.165) is 11.1 Å². The summed E-state index contributed by atoms with van der Waals surface area (Å²) in [6.45, 7) is 21.9. The lowest BCUT2D eigenvalue weighted by Crippen LogP contribution is -2.38. The first-order valence-corrected chi connectivity index (χ1v) is 24.9. The summed E-state index contributed by atoms with van der Waals surface area (Å²) in [5.74, 6) is -1.95. The highest BCUT2D eigenvalue weighted by molar-refractivity contribution is 6.94. The quantitative estimate of drug-likeness (QED) is 0.0805. The van der Waals surface area contributed by atoms with Gasteiger partial charge in [-0.05, 0) is 94.7 Å². The predicted octanol–water partition coefficient (Wildman–Crippen LogP) is 9.58. The molecule has 0 aromatic rings. The smallest absolute Gasteiger partial charge is 0.338 e. The summed E-state index contributed by atoms with van der Waals surface area (Å²) in [6, 6.07) is 19.0. The van der Waals surface area contributed by atoms with E-state index in [1.165, 1.54) is 21.5 Å². The molecule has 5 aliphatic carbocycles. The zero-order valence-electron chi connectivity index (χ0n) is 31.9. The van der Waals surface area contributed by atoms with Crippen LogP contribution in [0.5, 0.6) is 0 Å². The number of carbonyl (C=O) groups excluding carboxylic acids is 4. The maximum Gasteiger partial charge on any atom is 0.338 e. The van der Waals surface area contributed by atoms with Gasteiger partial charge in [-0.15, -0.1) is 0 Å². The van der Waals surface area contributed by atoms with Gasteiger partial charge in [-0.3, -0.25) is 0 Å². The van der Waals surface area contributed by atoms with Crippen LogP contribution in [0.1, 0.15) is 80.3 Å². The molecule has 0 aliphatic heterocycles. The number of carbonyl (C=O) groups is 4. The summed E-state index contributed by atoms with van der Waals surface area (Å²) in [5, 5.41) is 2.63. The Morgan fingerprint density at radius 3 is 0.846 bits per heavy atom. The third-order valence-corrected chi connectivity index (χ3v) is 13.1. The first kappa shape index (κ1) is 38.4. The highest BCUT2D eigenvalue weighted by Gasteiger charge is 2.43. The predicted molar refractivity (Wildman–Crippen MR) is 210 cm³/mol. The van der Waals surface area contributed by atoms with Crippen LogP contribution < -0.4 is 0 Å². The average molecular weight is 737 g/mol. The first-order chi connectivity index (χ1) is 24.6. The maximum absolute atomic E-state index is 13.1. The van der Waals surface area contributed by atoms with Gasteiger partial charge in [0.15, 0.2) is 0 Å². The minimum atomic E-state index is -2.04. The van der Waals surface area contributed by atoms with Gasteiger partial charge in [0, 0.05) is 0 Å². The lowest BCUT2D eigenvalue weighted by Gasteiger charge is -2.43. The molecule has 0 aromatic carbocycles. The molecule has 0 aromatic heterocycles. The normalized spacial score (nSPS) is 13.3. The van der Waals surface area contributed by atoms with Gasteiger partial charge in [0.1, 0.15) is 0 Å². The van der Waals surface area contributed by atoms with Crippen molar-refractivity contribution in [3.05, 3.63) is 104 Å². The fourth-order valence-electron chi connectivity index (χ4n) is 7.06. The molecule has 5 aliphatic rings. The second kappa shape index (κ2) is 15.0. The van der Waals surface area contributed by atoms with Gasteiger partial charge < -0.3 is 18.9 Å². The van der Waals surface area contributed by atoms with E-state index in [1.807, 2.05) is 48.5 Å². The van der Waals surface area contributed by atoms with E-state index in [2.05, 4.69) is 39.3 Å². The van der Waals surface area contributed by atoms with Crippen LogP contribution in [0.2, 0.25) is 39.3 Å². The lowest BCUT2D eigenvalue weighted by atomic mass is 9.88. The molecule has 272 valence electrons. The van der Waals surface area contributed by atoms with Gasteiger partial charge in [0.05, 0.1) is 64.8 Å². The third-order valence-electron chi connectivity index (χ3n) is 9.10. The summed E-state index contributed by atoms with van der Waals surface area (Å²) in [7, 11) is -4.07. The highest BCUT2D eigenvalue weighted by Crippen LogP contribution is 2.54. The van der Waals surface area contributed by atoms with Crippen LogP contribution in [0.3, 0.4) is 0 Å². The van der Waals surface area contributed by atoms with Gasteiger partial charge in [-0.1, -0.05) is 87.8 Å². The fraction of sp³-hybridized carbons (Fsp3) is 0.333. The van der Waals surface area contributed by atoms with Crippen LogP contribution in [0.15, 0.2) is 71.1 Å². The van der Waals surface area contributed by atoms with E-state index in [1.54, 1.807) is 39.8 Å². The van der Waals surface area contributed by atoms with Crippen molar-refractivity contribution in [2.45, 2.75) is 67.0 Å². The van der Waals surface area contributed by atoms with Crippen molar-refractivity contribution in [2.24, 2.45) is 0 Å². The summed E-state index contributed by atoms with van der Waals surface area (Å²) in [5.41, 5.74) is 8.28. The number of hydrogen-bond donors (Lipinski definition) is 0. The summed E-state index contributed by atoms with van der Waals surface area (Å²) in [4.78, 5) is 52.2. The molecule has 0 unspecified atom stereocenters. The van der Waals surface area contributed by atoms with Crippen LogP contribution in [0, 0.1) is 0 Å². The largest absolute Gasteiger partial charge is 0.462 e. The molecule has 8 nitrogen and oxygen atoms in total. The summed E-state index contributed by atoms with van der Waals surface area (Å²) in [6.07, 6.45) is 0. The van der Waals surface area contributed by atoms with E-state index in [9.17, 15) is 19.2 Å². The van der Waals surface area contributed by atoms with Crippen LogP contribution >= 0.6 is 0 Å². The van der Waals surface area contributed by atoms with Gasteiger partial charge in [0.25, 0.3) is 0 Å². The second-order valence-corrected chi connectivity index (χ2v) is 24.7. The van der Waals surface area contributed by atoms with Gasteiger partial charge in [0.2, 0.25) is 0 Å². The molecular weight excluding hydrogens is 689 g/mol. The molecule has 52 heavy (non-hydrogen) atoms. The molecule has 0 spiro atoms. The van der Waals surface area contributed by atoms with Crippen LogP contribution in [-0.2, 0) is 18.9 Å². The Labute approximate surface area is 308 Å². The van der Waals surface area contributed by atoms with Crippen molar-refractivity contribution < 1.29 is 38.1 Å². The topological polar surface area (TPSA) is 105 Å². The molecule has 0 saturated carbocycles. The molecular formula is C42H48O8Si2. The van der Waals surface area contributed by atoms with E-state index in [-0.39, 0.29) is 26.4 Å². The molecule has 0 amide bonds. The summed E-state index contributed by atoms with van der Waals surface area (Å²) < 4.78 is 21.5. The lowest BCUT2D eigenvalue weighted by molar-refractivity contribution is 0.0511. The second-order valence-electron chi connectivity index (χ2n) is 14.7. The van der Waals surface area contributed by atoms with Crippen molar-refractivity contribution in [3.63, 3.8) is 0 Å². The molecule has 10 heteroatoms. The molecule has 0 atom stereocenters. The molecule has 0 fully saturated rings.